The van der Waals surface area contributed by atoms with Crippen molar-refractivity contribution in [3.63, 3.8) is 0 Å². The van der Waals surface area contributed by atoms with Crippen molar-refractivity contribution in [3.8, 4) is 0 Å². The first kappa shape index (κ1) is 17.9. The second kappa shape index (κ2) is 9.03. The van der Waals surface area contributed by atoms with Crippen LogP contribution in [0.4, 0.5) is 9.18 Å². The molecule has 2 aromatic carbocycles. The minimum atomic E-state index is -0.290. The van der Waals surface area contributed by atoms with E-state index in [9.17, 15) is 9.18 Å². The predicted molar refractivity (Wildman–Crippen MR) is 92.0 cm³/mol. The van der Waals surface area contributed by atoms with Crippen LogP contribution in [0.3, 0.4) is 0 Å². The smallest absolute Gasteiger partial charge is 0.315 e. The van der Waals surface area contributed by atoms with Crippen molar-refractivity contribution in [1.82, 2.24) is 10.6 Å². The molecule has 0 radical (unpaired) electrons. The Morgan fingerprint density at radius 2 is 1.79 bits per heavy atom. The van der Waals surface area contributed by atoms with Crippen LogP contribution in [0.2, 0.25) is 0 Å². The van der Waals surface area contributed by atoms with E-state index in [1.165, 1.54) is 12.1 Å². The second-order valence-corrected chi connectivity index (χ2v) is 5.51. The molecule has 1 unspecified atom stereocenters. The Bertz CT molecular complexity index is 659. The number of rotatable bonds is 7. The first-order valence-corrected chi connectivity index (χ1v) is 8.04. The molecule has 0 aliphatic heterocycles. The van der Waals surface area contributed by atoms with Crippen molar-refractivity contribution in [3.05, 3.63) is 71.0 Å². The quantitative estimate of drug-likeness (QED) is 0.808. The summed E-state index contributed by atoms with van der Waals surface area (Å²) >= 11 is 0. The van der Waals surface area contributed by atoms with Gasteiger partial charge in [-0.15, -0.1) is 0 Å². The second-order valence-electron chi connectivity index (χ2n) is 5.51. The minimum Gasteiger partial charge on any atom is -0.377 e. The summed E-state index contributed by atoms with van der Waals surface area (Å²) in [4.78, 5) is 12.1. The molecule has 0 aliphatic rings. The third-order valence-corrected chi connectivity index (χ3v) is 3.74. The zero-order valence-corrected chi connectivity index (χ0v) is 14.0. The Kier molecular flexibility index (Phi) is 6.75. The van der Waals surface area contributed by atoms with Gasteiger partial charge in [-0.3, -0.25) is 0 Å². The van der Waals surface area contributed by atoms with Gasteiger partial charge in [-0.05, 0) is 42.7 Å². The molecule has 0 heterocycles. The molecule has 0 aliphatic carbocycles. The number of nitrogens with one attached hydrogen (secondary N) is 2. The van der Waals surface area contributed by atoms with E-state index < -0.39 is 0 Å². The van der Waals surface area contributed by atoms with Crippen LogP contribution in [0.5, 0.6) is 0 Å². The van der Waals surface area contributed by atoms with E-state index in [1.807, 2.05) is 38.1 Å². The summed E-state index contributed by atoms with van der Waals surface area (Å²) < 4.78 is 18.4. The van der Waals surface area contributed by atoms with Gasteiger partial charge in [0.15, 0.2) is 0 Å². The summed E-state index contributed by atoms with van der Waals surface area (Å²) in [7, 11) is 0. The number of benzene rings is 2. The van der Waals surface area contributed by atoms with Crippen LogP contribution >= 0.6 is 0 Å². The summed E-state index contributed by atoms with van der Waals surface area (Å²) in [5.41, 5.74) is 2.94. The molecule has 2 N–H and O–H groups in total. The summed E-state index contributed by atoms with van der Waals surface area (Å²) in [5, 5.41) is 5.69. The van der Waals surface area contributed by atoms with Gasteiger partial charge in [0.2, 0.25) is 0 Å². The third kappa shape index (κ3) is 5.35. The topological polar surface area (TPSA) is 50.4 Å². The fourth-order valence-electron chi connectivity index (χ4n) is 2.34. The lowest BCUT2D eigenvalue weighted by molar-refractivity contribution is 0.133. The zero-order chi connectivity index (χ0) is 17.4. The fraction of sp³-hybridized carbons (Fsp3) is 0.316. The number of ether oxygens (including phenoxy) is 1. The van der Waals surface area contributed by atoms with E-state index in [0.29, 0.717) is 19.8 Å². The lowest BCUT2D eigenvalue weighted by Crippen LogP contribution is -2.36. The van der Waals surface area contributed by atoms with Crippen LogP contribution in [0.25, 0.3) is 0 Å². The molecule has 2 amide bonds. The van der Waals surface area contributed by atoms with E-state index in [4.69, 9.17) is 4.74 Å². The van der Waals surface area contributed by atoms with Crippen LogP contribution in [0.1, 0.15) is 36.6 Å². The molecule has 0 aromatic heterocycles. The molecular formula is C19H23FN2O2. The summed E-state index contributed by atoms with van der Waals surface area (Å²) in [6.45, 7) is 5.41. The Morgan fingerprint density at radius 3 is 2.46 bits per heavy atom. The molecule has 128 valence electrons. The van der Waals surface area contributed by atoms with E-state index >= 15 is 0 Å². The Balaban J connectivity index is 1.88. The van der Waals surface area contributed by atoms with Crippen molar-refractivity contribution in [1.29, 1.82) is 0 Å². The lowest BCUT2D eigenvalue weighted by Gasteiger charge is -2.16. The highest BCUT2D eigenvalue weighted by Crippen LogP contribution is 2.13. The SMILES string of the molecule is CCOCc1ccccc1CNC(=O)NC(C)c1ccc(F)cc1. The number of hydrogen-bond acceptors (Lipinski definition) is 2. The van der Waals surface area contributed by atoms with Crippen LogP contribution < -0.4 is 10.6 Å². The molecular weight excluding hydrogens is 307 g/mol. The molecule has 0 spiro atoms. The number of urea groups is 1. The van der Waals surface area contributed by atoms with Crippen LogP contribution in [0, 0.1) is 5.82 Å². The maximum Gasteiger partial charge on any atom is 0.315 e. The van der Waals surface area contributed by atoms with Crippen LogP contribution in [-0.2, 0) is 17.9 Å². The van der Waals surface area contributed by atoms with Gasteiger partial charge in [-0.25, -0.2) is 9.18 Å². The minimum absolute atomic E-state index is 0.204. The standard InChI is InChI=1S/C19H23FN2O2/c1-3-24-13-17-7-5-4-6-16(17)12-21-19(23)22-14(2)15-8-10-18(20)11-9-15/h4-11,14H,3,12-13H2,1-2H3,(H2,21,22,23). The largest absolute Gasteiger partial charge is 0.377 e. The molecule has 0 saturated carbocycles. The molecule has 4 nitrogen and oxygen atoms in total. The Hall–Kier alpha value is -2.40. The van der Waals surface area contributed by atoms with Crippen molar-refractivity contribution < 1.29 is 13.9 Å². The van der Waals surface area contributed by atoms with Gasteiger partial charge in [0, 0.05) is 13.2 Å². The number of halogens is 1. The molecule has 1 atom stereocenters. The molecule has 2 rings (SSSR count). The maximum absolute atomic E-state index is 12.9. The average Bonchev–Trinajstić information content (AvgIpc) is 2.59. The predicted octanol–water partition coefficient (Wildman–Crippen LogP) is 3.92. The highest BCUT2D eigenvalue weighted by Gasteiger charge is 2.10. The Labute approximate surface area is 142 Å². The average molecular weight is 330 g/mol. The number of carbonyl (C=O) groups excluding carboxylic acids is 1. The molecule has 0 bridgehead atoms. The van der Waals surface area contributed by atoms with Gasteiger partial charge in [-0.2, -0.15) is 0 Å². The molecule has 24 heavy (non-hydrogen) atoms. The van der Waals surface area contributed by atoms with E-state index in [1.54, 1.807) is 12.1 Å². The number of carbonyl (C=O) groups is 1. The maximum atomic E-state index is 12.9. The van der Waals surface area contributed by atoms with Gasteiger partial charge < -0.3 is 15.4 Å². The number of amides is 2. The lowest BCUT2D eigenvalue weighted by atomic mass is 10.1. The van der Waals surface area contributed by atoms with Gasteiger partial charge in [0.25, 0.3) is 0 Å². The van der Waals surface area contributed by atoms with Crippen molar-refractivity contribution in [2.75, 3.05) is 6.61 Å². The van der Waals surface area contributed by atoms with E-state index in [2.05, 4.69) is 10.6 Å². The highest BCUT2D eigenvalue weighted by molar-refractivity contribution is 5.74. The fourth-order valence-corrected chi connectivity index (χ4v) is 2.34. The highest BCUT2D eigenvalue weighted by atomic mass is 19.1. The molecule has 0 fully saturated rings. The summed E-state index contributed by atoms with van der Waals surface area (Å²) in [6, 6.07) is 13.5. The van der Waals surface area contributed by atoms with E-state index in [0.717, 1.165) is 16.7 Å². The third-order valence-electron chi connectivity index (χ3n) is 3.74. The zero-order valence-electron chi connectivity index (χ0n) is 14.0. The van der Waals surface area contributed by atoms with Gasteiger partial charge in [0.1, 0.15) is 5.82 Å². The summed E-state index contributed by atoms with van der Waals surface area (Å²) in [5.74, 6) is -0.290. The first-order chi connectivity index (χ1) is 11.6. The van der Waals surface area contributed by atoms with Crippen LogP contribution in [0.15, 0.2) is 48.5 Å². The van der Waals surface area contributed by atoms with Crippen molar-refractivity contribution in [2.24, 2.45) is 0 Å². The van der Waals surface area contributed by atoms with Crippen LogP contribution in [-0.4, -0.2) is 12.6 Å². The molecule has 5 heteroatoms. The number of hydrogen-bond donors (Lipinski definition) is 2. The molecule has 0 saturated heterocycles. The summed E-state index contributed by atoms with van der Waals surface area (Å²) in [6.07, 6.45) is 0. The van der Waals surface area contributed by atoms with Crippen molar-refractivity contribution in [2.45, 2.75) is 33.0 Å². The normalized spacial score (nSPS) is 11.8. The van der Waals surface area contributed by atoms with Gasteiger partial charge >= 0.3 is 6.03 Å². The molecule has 2 aromatic rings. The van der Waals surface area contributed by atoms with Gasteiger partial charge in [0.05, 0.1) is 12.6 Å². The van der Waals surface area contributed by atoms with Crippen molar-refractivity contribution >= 4 is 6.03 Å². The monoisotopic (exact) mass is 330 g/mol. The van der Waals surface area contributed by atoms with E-state index in [-0.39, 0.29) is 17.9 Å². The van der Waals surface area contributed by atoms with Gasteiger partial charge in [-0.1, -0.05) is 36.4 Å². The first-order valence-electron chi connectivity index (χ1n) is 8.04. The Morgan fingerprint density at radius 1 is 1.12 bits per heavy atom.